The summed E-state index contributed by atoms with van der Waals surface area (Å²) < 4.78 is 5.52. The Bertz CT molecular complexity index is 559. The Hall–Kier alpha value is -2.11. The van der Waals surface area contributed by atoms with Gasteiger partial charge in [0.15, 0.2) is 6.61 Å². The first-order valence-corrected chi connectivity index (χ1v) is 7.70. The summed E-state index contributed by atoms with van der Waals surface area (Å²) in [4.78, 5) is 24.6. The van der Waals surface area contributed by atoms with Crippen LogP contribution in [0, 0.1) is 17.0 Å². The lowest BCUT2D eigenvalue weighted by Gasteiger charge is -2.35. The van der Waals surface area contributed by atoms with Gasteiger partial charge < -0.3 is 9.64 Å². The van der Waals surface area contributed by atoms with Crippen molar-refractivity contribution in [1.29, 1.82) is 0 Å². The maximum absolute atomic E-state index is 12.3. The normalized spacial score (nSPS) is 18.1. The van der Waals surface area contributed by atoms with Crippen molar-refractivity contribution in [2.75, 3.05) is 13.2 Å². The zero-order valence-electron chi connectivity index (χ0n) is 13.1. The third-order valence-electron chi connectivity index (χ3n) is 4.15. The maximum Gasteiger partial charge on any atom is 0.272 e. The van der Waals surface area contributed by atoms with E-state index in [1.54, 1.807) is 13.0 Å². The topological polar surface area (TPSA) is 72.7 Å². The van der Waals surface area contributed by atoms with Gasteiger partial charge in [-0.2, -0.15) is 0 Å². The molecule has 2 rings (SSSR count). The molecule has 0 aromatic heterocycles. The van der Waals surface area contributed by atoms with Gasteiger partial charge in [0.05, 0.1) is 4.92 Å². The molecule has 0 N–H and O–H groups in total. The van der Waals surface area contributed by atoms with Gasteiger partial charge in [0.25, 0.3) is 11.6 Å². The zero-order valence-corrected chi connectivity index (χ0v) is 13.1. The maximum atomic E-state index is 12.3. The number of hydrogen-bond acceptors (Lipinski definition) is 4. The zero-order chi connectivity index (χ0) is 16.1. The lowest BCUT2D eigenvalue weighted by atomic mass is 10.00. The molecule has 1 aromatic carbocycles. The quantitative estimate of drug-likeness (QED) is 0.619. The summed E-state index contributed by atoms with van der Waals surface area (Å²) in [5.74, 6) is 0.476. The SMILES string of the molecule is CCC1CCCCN1C(=O)COc1ccc([N+](=O)[O-])c(C)c1. The van der Waals surface area contributed by atoms with Crippen LogP contribution in [-0.4, -0.2) is 34.9 Å². The number of nitro benzene ring substituents is 1. The lowest BCUT2D eigenvalue weighted by molar-refractivity contribution is -0.385. The van der Waals surface area contributed by atoms with Crippen LogP contribution in [0.3, 0.4) is 0 Å². The molecule has 1 fully saturated rings. The Balaban J connectivity index is 1.96. The molecular weight excluding hydrogens is 284 g/mol. The molecule has 6 heteroatoms. The van der Waals surface area contributed by atoms with Gasteiger partial charge in [-0.3, -0.25) is 14.9 Å². The van der Waals surface area contributed by atoms with Crippen molar-refractivity contribution < 1.29 is 14.5 Å². The molecule has 1 aliphatic heterocycles. The first-order valence-electron chi connectivity index (χ1n) is 7.70. The molecule has 1 atom stereocenters. The second-order valence-electron chi connectivity index (χ2n) is 5.64. The van der Waals surface area contributed by atoms with Crippen molar-refractivity contribution in [2.24, 2.45) is 0 Å². The van der Waals surface area contributed by atoms with Crippen LogP contribution in [0.5, 0.6) is 5.75 Å². The molecular formula is C16H22N2O4. The molecule has 6 nitrogen and oxygen atoms in total. The highest BCUT2D eigenvalue weighted by molar-refractivity contribution is 5.78. The number of nitrogens with zero attached hydrogens (tertiary/aromatic N) is 2. The summed E-state index contributed by atoms with van der Waals surface area (Å²) in [6, 6.07) is 4.85. The number of ether oxygens (including phenoxy) is 1. The van der Waals surface area contributed by atoms with Gasteiger partial charge in [-0.05, 0) is 44.7 Å². The van der Waals surface area contributed by atoms with Crippen LogP contribution in [0.2, 0.25) is 0 Å². The van der Waals surface area contributed by atoms with E-state index in [2.05, 4.69) is 6.92 Å². The second kappa shape index (κ2) is 7.24. The van der Waals surface area contributed by atoms with E-state index in [0.717, 1.165) is 25.8 Å². The number of nitro groups is 1. The Labute approximate surface area is 130 Å². The number of hydrogen-bond donors (Lipinski definition) is 0. The van der Waals surface area contributed by atoms with E-state index in [0.29, 0.717) is 17.4 Å². The van der Waals surface area contributed by atoms with Gasteiger partial charge in [-0.15, -0.1) is 0 Å². The summed E-state index contributed by atoms with van der Waals surface area (Å²) in [6.07, 6.45) is 4.23. The van der Waals surface area contributed by atoms with E-state index in [1.807, 2.05) is 4.90 Å². The first kappa shape index (κ1) is 16.3. The van der Waals surface area contributed by atoms with Gasteiger partial charge >= 0.3 is 0 Å². The molecule has 1 saturated heterocycles. The molecule has 1 unspecified atom stereocenters. The van der Waals surface area contributed by atoms with Crippen molar-refractivity contribution in [1.82, 2.24) is 4.90 Å². The number of likely N-dealkylation sites (tertiary alicyclic amines) is 1. The van der Waals surface area contributed by atoms with Gasteiger partial charge in [0, 0.05) is 24.2 Å². The Morgan fingerprint density at radius 3 is 2.86 bits per heavy atom. The van der Waals surface area contributed by atoms with Crippen LogP contribution in [0.4, 0.5) is 5.69 Å². The monoisotopic (exact) mass is 306 g/mol. The Kier molecular flexibility index (Phi) is 5.35. The molecule has 1 aliphatic rings. The summed E-state index contributed by atoms with van der Waals surface area (Å²) in [6.45, 7) is 4.52. The van der Waals surface area contributed by atoms with Crippen LogP contribution in [-0.2, 0) is 4.79 Å². The van der Waals surface area contributed by atoms with E-state index in [9.17, 15) is 14.9 Å². The Morgan fingerprint density at radius 2 is 2.23 bits per heavy atom. The minimum atomic E-state index is -0.427. The molecule has 0 bridgehead atoms. The van der Waals surface area contributed by atoms with Crippen molar-refractivity contribution in [3.63, 3.8) is 0 Å². The largest absolute Gasteiger partial charge is 0.484 e. The molecule has 0 radical (unpaired) electrons. The highest BCUT2D eigenvalue weighted by Crippen LogP contribution is 2.24. The predicted molar refractivity (Wildman–Crippen MR) is 83.0 cm³/mol. The molecule has 22 heavy (non-hydrogen) atoms. The van der Waals surface area contributed by atoms with E-state index in [4.69, 9.17) is 4.74 Å². The number of benzene rings is 1. The molecule has 0 aliphatic carbocycles. The van der Waals surface area contributed by atoms with Gasteiger partial charge in [-0.25, -0.2) is 0 Å². The first-order chi connectivity index (χ1) is 10.5. The van der Waals surface area contributed by atoms with E-state index in [1.165, 1.54) is 18.6 Å². The van der Waals surface area contributed by atoms with Crippen LogP contribution < -0.4 is 4.74 Å². The summed E-state index contributed by atoms with van der Waals surface area (Å²) >= 11 is 0. The fraction of sp³-hybridized carbons (Fsp3) is 0.562. The lowest BCUT2D eigenvalue weighted by Crippen LogP contribution is -2.45. The number of amides is 1. The summed E-state index contributed by atoms with van der Waals surface area (Å²) in [5, 5.41) is 10.8. The van der Waals surface area contributed by atoms with Gasteiger partial charge in [-0.1, -0.05) is 6.92 Å². The van der Waals surface area contributed by atoms with E-state index < -0.39 is 4.92 Å². The van der Waals surface area contributed by atoms with Crippen LogP contribution in [0.15, 0.2) is 18.2 Å². The standard InChI is InChI=1S/C16H22N2O4/c1-3-13-6-4-5-9-17(13)16(19)11-22-14-7-8-15(18(20)21)12(2)10-14/h7-8,10,13H,3-6,9,11H2,1-2H3. The van der Waals surface area contributed by atoms with E-state index >= 15 is 0 Å². The molecule has 1 heterocycles. The smallest absolute Gasteiger partial charge is 0.272 e. The summed E-state index contributed by atoms with van der Waals surface area (Å²) in [7, 11) is 0. The van der Waals surface area contributed by atoms with Crippen molar-refractivity contribution >= 4 is 11.6 Å². The second-order valence-corrected chi connectivity index (χ2v) is 5.64. The molecule has 1 aromatic rings. The molecule has 0 saturated carbocycles. The minimum absolute atomic E-state index is 0.0115. The highest BCUT2D eigenvalue weighted by atomic mass is 16.6. The van der Waals surface area contributed by atoms with Gasteiger partial charge in [0.2, 0.25) is 0 Å². The summed E-state index contributed by atoms with van der Waals surface area (Å²) in [5.41, 5.74) is 0.583. The molecule has 1 amide bonds. The highest BCUT2D eigenvalue weighted by Gasteiger charge is 2.25. The average molecular weight is 306 g/mol. The number of rotatable bonds is 5. The molecule has 120 valence electrons. The number of aryl methyl sites for hydroxylation is 1. The van der Waals surface area contributed by atoms with Crippen molar-refractivity contribution in [3.8, 4) is 5.75 Å². The van der Waals surface area contributed by atoms with Crippen LogP contribution in [0.25, 0.3) is 0 Å². The van der Waals surface area contributed by atoms with Crippen molar-refractivity contribution in [3.05, 3.63) is 33.9 Å². The van der Waals surface area contributed by atoms with Gasteiger partial charge in [0.1, 0.15) is 5.75 Å². The minimum Gasteiger partial charge on any atom is -0.484 e. The number of carbonyl (C=O) groups excluding carboxylic acids is 1. The molecule has 0 spiro atoms. The third-order valence-corrected chi connectivity index (χ3v) is 4.15. The van der Waals surface area contributed by atoms with Crippen molar-refractivity contribution in [2.45, 2.75) is 45.6 Å². The Morgan fingerprint density at radius 1 is 1.45 bits per heavy atom. The number of piperidine rings is 1. The number of carbonyl (C=O) groups is 1. The average Bonchev–Trinajstić information content (AvgIpc) is 2.52. The fourth-order valence-corrected chi connectivity index (χ4v) is 2.90. The third kappa shape index (κ3) is 3.75. The van der Waals surface area contributed by atoms with Crippen LogP contribution >= 0.6 is 0 Å². The fourth-order valence-electron chi connectivity index (χ4n) is 2.90. The van der Waals surface area contributed by atoms with Crippen LogP contribution in [0.1, 0.15) is 38.2 Å². The van der Waals surface area contributed by atoms with E-state index in [-0.39, 0.29) is 18.2 Å². The predicted octanol–water partition coefficient (Wildman–Crippen LogP) is 3.07.